The Hall–Kier alpha value is -2.01. The number of ether oxygens (including phenoxy) is 2. The molecule has 0 bridgehead atoms. The number of hydrogen-bond donors (Lipinski definition) is 4. The second-order valence-electron chi connectivity index (χ2n) is 5.19. The lowest BCUT2D eigenvalue weighted by molar-refractivity contribution is -0.178. The molecule has 1 aliphatic rings. The number of nitrogens with one attached hydrogen (secondary N) is 1. The van der Waals surface area contributed by atoms with Gasteiger partial charge in [0.05, 0.1) is 13.7 Å². The van der Waals surface area contributed by atoms with Gasteiger partial charge in [0.2, 0.25) is 0 Å². The van der Waals surface area contributed by atoms with Gasteiger partial charge in [-0.2, -0.15) is 4.98 Å². The molecule has 0 radical (unpaired) electrons. The largest absolute Gasteiger partial charge is 0.468 e. The Morgan fingerprint density at radius 2 is 2.04 bits per heavy atom. The highest BCUT2D eigenvalue weighted by atomic mass is 16.5. The number of anilines is 1. The van der Waals surface area contributed by atoms with Gasteiger partial charge in [0.1, 0.15) is 29.7 Å². The number of hydrogen-bond acceptors (Lipinski definition) is 9. The van der Waals surface area contributed by atoms with Crippen molar-refractivity contribution in [2.24, 2.45) is 7.05 Å². The average molecular weight is 329 g/mol. The van der Waals surface area contributed by atoms with Crippen LogP contribution in [0.4, 0.5) is 5.82 Å². The van der Waals surface area contributed by atoms with Crippen molar-refractivity contribution in [3.63, 3.8) is 0 Å². The Kier molecular flexibility index (Phi) is 5.00. The molecule has 128 valence electrons. The van der Waals surface area contributed by atoms with Crippen LogP contribution in [-0.2, 0) is 11.8 Å². The number of carbonyl (C=O) groups excluding carboxylic acids is 1. The lowest BCUT2D eigenvalue weighted by Gasteiger charge is -2.35. The van der Waals surface area contributed by atoms with E-state index in [0.717, 1.165) is 4.57 Å². The highest BCUT2D eigenvalue weighted by molar-refractivity contribution is 5.98. The molecule has 0 aliphatic carbocycles. The molecule has 0 spiro atoms. The number of rotatable bonds is 4. The molecule has 2 rings (SSSR count). The molecule has 1 aromatic rings. The van der Waals surface area contributed by atoms with E-state index in [9.17, 15) is 24.9 Å². The van der Waals surface area contributed by atoms with E-state index in [0.29, 0.717) is 0 Å². The van der Waals surface area contributed by atoms with Crippen molar-refractivity contribution in [1.82, 2.24) is 9.55 Å². The van der Waals surface area contributed by atoms with E-state index in [1.165, 1.54) is 21.1 Å². The molecule has 0 aromatic carbocycles. The molecule has 1 aliphatic heterocycles. The first-order valence-electron chi connectivity index (χ1n) is 6.86. The van der Waals surface area contributed by atoms with Crippen molar-refractivity contribution in [3.05, 3.63) is 15.9 Å². The van der Waals surface area contributed by atoms with Gasteiger partial charge < -0.3 is 30.1 Å². The van der Waals surface area contributed by atoms with Gasteiger partial charge >= 0.3 is 6.01 Å². The molecule has 1 aromatic heterocycles. The van der Waals surface area contributed by atoms with Crippen LogP contribution in [0.3, 0.4) is 0 Å². The summed E-state index contributed by atoms with van der Waals surface area (Å²) in [6.07, 6.45) is -5.30. The van der Waals surface area contributed by atoms with Crippen molar-refractivity contribution < 1.29 is 29.6 Å². The Morgan fingerprint density at radius 1 is 1.39 bits per heavy atom. The Morgan fingerprint density at radius 3 is 2.61 bits per heavy atom. The van der Waals surface area contributed by atoms with Gasteiger partial charge in [-0.05, 0) is 6.92 Å². The van der Waals surface area contributed by atoms with E-state index < -0.39 is 35.9 Å². The van der Waals surface area contributed by atoms with Gasteiger partial charge in [-0.1, -0.05) is 0 Å². The Labute approximate surface area is 131 Å². The van der Waals surface area contributed by atoms with Crippen LogP contribution in [-0.4, -0.2) is 68.9 Å². The Bertz CT molecular complexity index is 660. The van der Waals surface area contributed by atoms with Crippen molar-refractivity contribution in [2.45, 2.75) is 31.5 Å². The van der Waals surface area contributed by atoms with Gasteiger partial charge in [0, 0.05) is 7.05 Å². The minimum absolute atomic E-state index is 0.0478. The maximum Gasteiger partial charge on any atom is 0.300 e. The van der Waals surface area contributed by atoms with E-state index in [4.69, 9.17) is 9.47 Å². The molecular formula is C13H19N3O7. The zero-order valence-corrected chi connectivity index (χ0v) is 12.9. The van der Waals surface area contributed by atoms with E-state index >= 15 is 0 Å². The van der Waals surface area contributed by atoms with Crippen LogP contribution < -0.4 is 15.6 Å². The van der Waals surface area contributed by atoms with E-state index in [1.54, 1.807) is 0 Å². The molecule has 0 saturated carbocycles. The number of nitrogens with zero attached hydrogens (tertiary/aromatic N) is 2. The van der Waals surface area contributed by atoms with Gasteiger partial charge in [-0.25, -0.2) is 0 Å². The van der Waals surface area contributed by atoms with E-state index in [-0.39, 0.29) is 24.0 Å². The summed E-state index contributed by atoms with van der Waals surface area (Å²) in [5.41, 5.74) is -0.859. The third-order valence-electron chi connectivity index (χ3n) is 3.56. The zero-order valence-electron chi connectivity index (χ0n) is 12.9. The summed E-state index contributed by atoms with van der Waals surface area (Å²) in [5.74, 6) is -0.667. The van der Waals surface area contributed by atoms with Crippen LogP contribution in [0.2, 0.25) is 0 Å². The summed E-state index contributed by atoms with van der Waals surface area (Å²) < 4.78 is 11.2. The minimum Gasteiger partial charge on any atom is -0.468 e. The first-order chi connectivity index (χ1) is 10.8. The van der Waals surface area contributed by atoms with E-state index in [1.807, 2.05) is 0 Å². The number of ketones is 1. The zero-order chi connectivity index (χ0) is 17.3. The SMILES string of the molecule is COc1nc(NC2OCC(O)C(O)C2O)c(C(C)=O)c(=O)n1C. The first kappa shape index (κ1) is 17.3. The van der Waals surface area contributed by atoms with Crippen LogP contribution in [0.1, 0.15) is 17.3 Å². The quantitative estimate of drug-likeness (QED) is 0.454. The summed E-state index contributed by atoms with van der Waals surface area (Å²) in [4.78, 5) is 28.0. The summed E-state index contributed by atoms with van der Waals surface area (Å²) in [5, 5.41) is 31.6. The van der Waals surface area contributed by atoms with Crippen molar-refractivity contribution in [1.29, 1.82) is 0 Å². The summed E-state index contributed by atoms with van der Waals surface area (Å²) in [6.45, 7) is 0.972. The number of Topliss-reactive ketones (excluding diaryl/α,β-unsaturated/α-hetero) is 1. The van der Waals surface area contributed by atoms with Gasteiger partial charge in [0.15, 0.2) is 12.0 Å². The molecule has 10 heteroatoms. The molecule has 1 saturated heterocycles. The number of aromatic nitrogens is 2. The standard InChI is InChI=1S/C13H19N3O7/c1-5(17)7-10(15-13(22-3)16(2)12(7)21)14-11-9(20)8(19)6(18)4-23-11/h6,8-9,11,14,18-20H,4H2,1-3H3. The maximum atomic E-state index is 12.2. The van der Waals surface area contributed by atoms with Crippen molar-refractivity contribution in [3.8, 4) is 6.01 Å². The first-order valence-corrected chi connectivity index (χ1v) is 6.86. The smallest absolute Gasteiger partial charge is 0.300 e. The number of methoxy groups -OCH3 is 1. The molecular weight excluding hydrogens is 310 g/mol. The monoisotopic (exact) mass is 329 g/mol. The van der Waals surface area contributed by atoms with Gasteiger partial charge in [-0.15, -0.1) is 0 Å². The minimum atomic E-state index is -1.48. The third-order valence-corrected chi connectivity index (χ3v) is 3.56. The molecule has 1 fully saturated rings. The summed E-state index contributed by atoms with van der Waals surface area (Å²) >= 11 is 0. The van der Waals surface area contributed by atoms with Crippen LogP contribution in [0, 0.1) is 0 Å². The van der Waals surface area contributed by atoms with Crippen LogP contribution in [0.25, 0.3) is 0 Å². The van der Waals surface area contributed by atoms with Crippen LogP contribution in [0.5, 0.6) is 6.01 Å². The fourth-order valence-electron chi connectivity index (χ4n) is 2.25. The molecule has 0 amide bonds. The summed E-state index contributed by atoms with van der Waals surface area (Å²) in [6, 6.07) is -0.0478. The molecule has 4 unspecified atom stereocenters. The van der Waals surface area contributed by atoms with Crippen LogP contribution in [0.15, 0.2) is 4.79 Å². The van der Waals surface area contributed by atoms with Gasteiger partial charge in [0.25, 0.3) is 5.56 Å². The van der Waals surface area contributed by atoms with Crippen molar-refractivity contribution in [2.75, 3.05) is 19.0 Å². The number of aliphatic hydroxyl groups excluding tert-OH is 3. The second kappa shape index (κ2) is 6.62. The molecule has 4 atom stereocenters. The highest BCUT2D eigenvalue weighted by Gasteiger charge is 2.38. The average Bonchev–Trinajstić information content (AvgIpc) is 2.50. The second-order valence-corrected chi connectivity index (χ2v) is 5.19. The van der Waals surface area contributed by atoms with Gasteiger partial charge in [-0.3, -0.25) is 14.2 Å². The predicted octanol–water partition coefficient (Wildman–Crippen LogP) is -2.16. The summed E-state index contributed by atoms with van der Waals surface area (Å²) in [7, 11) is 2.71. The fraction of sp³-hybridized carbons (Fsp3) is 0.615. The fourth-order valence-corrected chi connectivity index (χ4v) is 2.25. The Balaban J connectivity index is 2.41. The van der Waals surface area contributed by atoms with Crippen LogP contribution >= 0.6 is 0 Å². The maximum absolute atomic E-state index is 12.2. The normalized spacial score (nSPS) is 27.6. The number of carbonyl (C=O) groups is 1. The third kappa shape index (κ3) is 3.20. The van der Waals surface area contributed by atoms with Crippen molar-refractivity contribution >= 4 is 11.6 Å². The predicted molar refractivity (Wildman–Crippen MR) is 77.4 cm³/mol. The van der Waals surface area contributed by atoms with E-state index in [2.05, 4.69) is 10.3 Å². The lowest BCUT2D eigenvalue weighted by Crippen LogP contribution is -2.55. The molecule has 2 heterocycles. The molecule has 10 nitrogen and oxygen atoms in total. The lowest BCUT2D eigenvalue weighted by atomic mass is 10.0. The topological polar surface area (TPSA) is 143 Å². The molecule has 23 heavy (non-hydrogen) atoms. The number of aliphatic hydroxyl groups is 3. The molecule has 4 N–H and O–H groups in total. The highest BCUT2D eigenvalue weighted by Crippen LogP contribution is 2.20.